The molecule has 0 aliphatic rings. The maximum atomic E-state index is 12.3. The molecular formula is C58H96O5. The highest BCUT2D eigenvalue weighted by Crippen LogP contribution is 2.14. The number of hydrogen-bond donors (Lipinski definition) is 1. The molecule has 0 aliphatic heterocycles. The third-order valence-electron chi connectivity index (χ3n) is 10.8. The second kappa shape index (κ2) is 52.9. The molecule has 0 aliphatic carbocycles. The van der Waals surface area contributed by atoms with Crippen LogP contribution in [0.4, 0.5) is 0 Å². The molecule has 0 saturated heterocycles. The van der Waals surface area contributed by atoms with Crippen LogP contribution >= 0.6 is 0 Å². The monoisotopic (exact) mass is 873 g/mol. The van der Waals surface area contributed by atoms with Crippen LogP contribution in [0.3, 0.4) is 0 Å². The van der Waals surface area contributed by atoms with Crippen LogP contribution in [0.1, 0.15) is 226 Å². The van der Waals surface area contributed by atoms with E-state index >= 15 is 0 Å². The number of aliphatic hydroxyl groups is 1. The second-order valence-corrected chi connectivity index (χ2v) is 16.9. The van der Waals surface area contributed by atoms with Gasteiger partial charge in [-0.25, -0.2) is 0 Å². The Balaban J connectivity index is 3.61. The van der Waals surface area contributed by atoms with Gasteiger partial charge in [0.1, 0.15) is 6.61 Å². The van der Waals surface area contributed by atoms with Crippen molar-refractivity contribution in [3.8, 4) is 0 Å². The van der Waals surface area contributed by atoms with Crippen molar-refractivity contribution >= 4 is 11.9 Å². The summed E-state index contributed by atoms with van der Waals surface area (Å²) in [6, 6.07) is 0. The summed E-state index contributed by atoms with van der Waals surface area (Å²) < 4.78 is 10.7. The van der Waals surface area contributed by atoms with Gasteiger partial charge in [-0.3, -0.25) is 9.59 Å². The number of carbonyl (C=O) groups excluding carboxylic acids is 2. The third-order valence-corrected chi connectivity index (χ3v) is 10.8. The highest BCUT2D eigenvalue weighted by Gasteiger charge is 2.16. The predicted octanol–water partition coefficient (Wildman–Crippen LogP) is 17.4. The van der Waals surface area contributed by atoms with Gasteiger partial charge in [0.2, 0.25) is 0 Å². The van der Waals surface area contributed by atoms with Crippen molar-refractivity contribution in [1.29, 1.82) is 0 Å². The Bertz CT molecular complexity index is 1260. The first-order valence-electron chi connectivity index (χ1n) is 25.9. The van der Waals surface area contributed by atoms with Crippen LogP contribution in [-0.2, 0) is 19.1 Å². The molecule has 0 radical (unpaired) electrons. The maximum absolute atomic E-state index is 12.3. The standard InChI is InChI=1S/C58H96O5/c1-3-5-7-9-11-13-15-17-19-20-21-22-23-24-25-26-27-28-29-30-31-32-33-34-35-36-37-38-39-41-43-45-47-49-51-53-58(61)63-56(54-59)55-62-57(60)52-50-48-46-44-42-40-18-16-14-12-10-8-6-4-2/h5,7,11,13,17,19,21-22,24-25,27-28,30-31,33-34,36-37,56,59H,3-4,6,8-10,12,14-16,18,20,23,26,29,32,35,38-55H2,1-2H3/b7-5-,13-11-,19-17-,22-21-,25-24-,28-27-,31-30-,34-33-,37-36-. The Hall–Kier alpha value is -3.44. The highest BCUT2D eigenvalue weighted by atomic mass is 16.6. The summed E-state index contributed by atoms with van der Waals surface area (Å²) >= 11 is 0. The largest absolute Gasteiger partial charge is 0.462 e. The molecule has 0 bridgehead atoms. The molecule has 0 aromatic heterocycles. The smallest absolute Gasteiger partial charge is 0.306 e. The minimum absolute atomic E-state index is 0.0734. The second-order valence-electron chi connectivity index (χ2n) is 16.9. The van der Waals surface area contributed by atoms with Crippen molar-refractivity contribution in [2.75, 3.05) is 13.2 Å². The lowest BCUT2D eigenvalue weighted by molar-refractivity contribution is -0.161. The van der Waals surface area contributed by atoms with E-state index < -0.39 is 6.10 Å². The normalized spacial score (nSPS) is 13.1. The molecule has 0 saturated carbocycles. The van der Waals surface area contributed by atoms with Gasteiger partial charge in [-0.05, 0) is 83.5 Å². The lowest BCUT2D eigenvalue weighted by Crippen LogP contribution is -2.28. The SMILES string of the molecule is CC/C=C\C/C=C\C/C=C\C/C=C\C/C=C\C/C=C\C/C=C\C/C=C\C/C=C\CCCCCCCCCC(=O)OC(CO)COC(=O)CCCCCCCCCCCCCCCC. The van der Waals surface area contributed by atoms with Gasteiger partial charge in [-0.15, -0.1) is 0 Å². The van der Waals surface area contributed by atoms with Gasteiger partial charge in [0.25, 0.3) is 0 Å². The van der Waals surface area contributed by atoms with E-state index in [0.29, 0.717) is 12.8 Å². The van der Waals surface area contributed by atoms with Crippen molar-refractivity contribution in [3.05, 3.63) is 109 Å². The maximum Gasteiger partial charge on any atom is 0.306 e. The predicted molar refractivity (Wildman–Crippen MR) is 274 cm³/mol. The van der Waals surface area contributed by atoms with E-state index in [2.05, 4.69) is 123 Å². The van der Waals surface area contributed by atoms with Crippen LogP contribution in [0.25, 0.3) is 0 Å². The molecule has 1 atom stereocenters. The summed E-state index contributed by atoms with van der Waals surface area (Å²) in [6.45, 7) is 4.02. The molecule has 63 heavy (non-hydrogen) atoms. The summed E-state index contributed by atoms with van der Waals surface area (Å²) in [7, 11) is 0. The van der Waals surface area contributed by atoms with E-state index in [-0.39, 0.29) is 25.2 Å². The molecular weight excluding hydrogens is 777 g/mol. The van der Waals surface area contributed by atoms with Crippen molar-refractivity contribution in [3.63, 3.8) is 0 Å². The summed E-state index contributed by atoms with van der Waals surface area (Å²) in [5.74, 6) is -0.605. The van der Waals surface area contributed by atoms with Crippen LogP contribution in [0.5, 0.6) is 0 Å². The number of ether oxygens (including phenoxy) is 2. The quantitative estimate of drug-likeness (QED) is 0.0375. The fraction of sp³-hybridized carbons (Fsp3) is 0.655. The van der Waals surface area contributed by atoms with Gasteiger partial charge in [-0.2, -0.15) is 0 Å². The van der Waals surface area contributed by atoms with Gasteiger partial charge in [0.15, 0.2) is 6.10 Å². The number of esters is 2. The summed E-state index contributed by atoms with van der Waals surface area (Å²) in [5.41, 5.74) is 0. The zero-order valence-corrected chi connectivity index (χ0v) is 40.8. The van der Waals surface area contributed by atoms with E-state index in [1.54, 1.807) is 0 Å². The minimum Gasteiger partial charge on any atom is -0.462 e. The molecule has 5 nitrogen and oxygen atoms in total. The summed E-state index contributed by atoms with van der Waals surface area (Å²) in [5, 5.41) is 9.61. The van der Waals surface area contributed by atoms with Crippen molar-refractivity contribution < 1.29 is 24.2 Å². The van der Waals surface area contributed by atoms with Crippen molar-refractivity contribution in [2.24, 2.45) is 0 Å². The molecule has 0 spiro atoms. The van der Waals surface area contributed by atoms with Crippen LogP contribution in [0.2, 0.25) is 0 Å². The van der Waals surface area contributed by atoms with Crippen LogP contribution < -0.4 is 0 Å². The Morgan fingerprint density at radius 3 is 1.03 bits per heavy atom. The molecule has 0 rings (SSSR count). The number of carbonyl (C=O) groups is 2. The van der Waals surface area contributed by atoms with Gasteiger partial charge < -0.3 is 14.6 Å². The molecule has 0 heterocycles. The number of hydrogen-bond acceptors (Lipinski definition) is 5. The lowest BCUT2D eigenvalue weighted by atomic mass is 10.0. The lowest BCUT2D eigenvalue weighted by Gasteiger charge is -2.15. The Kier molecular flexibility index (Phi) is 50.0. The van der Waals surface area contributed by atoms with E-state index in [9.17, 15) is 14.7 Å². The Labute approximate surface area is 389 Å². The van der Waals surface area contributed by atoms with E-state index in [1.807, 2.05) is 0 Å². The third kappa shape index (κ3) is 51.1. The number of rotatable bonds is 46. The van der Waals surface area contributed by atoms with Gasteiger partial charge in [0.05, 0.1) is 6.61 Å². The topological polar surface area (TPSA) is 72.8 Å². The molecule has 0 aromatic carbocycles. The zero-order chi connectivity index (χ0) is 45.6. The highest BCUT2D eigenvalue weighted by molar-refractivity contribution is 5.70. The zero-order valence-electron chi connectivity index (χ0n) is 40.8. The molecule has 5 heteroatoms. The molecule has 1 unspecified atom stereocenters. The van der Waals surface area contributed by atoms with Crippen molar-refractivity contribution in [1.82, 2.24) is 0 Å². The fourth-order valence-corrected chi connectivity index (χ4v) is 6.96. The fourth-order valence-electron chi connectivity index (χ4n) is 6.96. The molecule has 1 N–H and O–H groups in total. The van der Waals surface area contributed by atoms with E-state index in [4.69, 9.17) is 9.47 Å². The molecule has 358 valence electrons. The molecule has 0 aromatic rings. The van der Waals surface area contributed by atoms with Gasteiger partial charge >= 0.3 is 11.9 Å². The van der Waals surface area contributed by atoms with E-state index in [0.717, 1.165) is 103 Å². The minimum atomic E-state index is -0.782. The number of allylic oxidation sites excluding steroid dienone is 18. The summed E-state index contributed by atoms with van der Waals surface area (Å²) in [6.07, 6.45) is 76.1. The number of aliphatic hydroxyl groups excluding tert-OH is 1. The Morgan fingerprint density at radius 2 is 0.683 bits per heavy atom. The number of unbranched alkanes of at least 4 members (excludes halogenated alkanes) is 20. The average molecular weight is 873 g/mol. The first-order valence-corrected chi connectivity index (χ1v) is 25.9. The molecule has 0 amide bonds. The van der Waals surface area contributed by atoms with Crippen LogP contribution in [0, 0.1) is 0 Å². The van der Waals surface area contributed by atoms with Gasteiger partial charge in [0, 0.05) is 12.8 Å². The Morgan fingerprint density at radius 1 is 0.381 bits per heavy atom. The van der Waals surface area contributed by atoms with E-state index in [1.165, 1.54) is 96.3 Å². The first kappa shape index (κ1) is 59.6. The van der Waals surface area contributed by atoms with Crippen molar-refractivity contribution in [2.45, 2.75) is 232 Å². The first-order chi connectivity index (χ1) is 31.1. The van der Waals surface area contributed by atoms with Crippen LogP contribution in [-0.4, -0.2) is 36.4 Å². The average Bonchev–Trinajstić information content (AvgIpc) is 3.29. The van der Waals surface area contributed by atoms with Gasteiger partial charge in [-0.1, -0.05) is 239 Å². The summed E-state index contributed by atoms with van der Waals surface area (Å²) in [4.78, 5) is 24.4. The van der Waals surface area contributed by atoms with Crippen LogP contribution in [0.15, 0.2) is 109 Å². The molecule has 0 fully saturated rings.